The summed E-state index contributed by atoms with van der Waals surface area (Å²) in [6.07, 6.45) is 4.94. The number of guanidine groups is 1. The van der Waals surface area contributed by atoms with Gasteiger partial charge in [0.05, 0.1) is 13.2 Å². The molecular formula is C20H32IN3O2. The molecule has 1 aromatic carbocycles. The summed E-state index contributed by atoms with van der Waals surface area (Å²) < 4.78 is 11.6. The van der Waals surface area contributed by atoms with Gasteiger partial charge in [0.2, 0.25) is 0 Å². The molecule has 6 heteroatoms. The molecule has 3 unspecified atom stereocenters. The molecule has 0 amide bonds. The molecule has 1 aliphatic carbocycles. The highest BCUT2D eigenvalue weighted by Crippen LogP contribution is 2.34. The maximum Gasteiger partial charge on any atom is 0.191 e. The number of halogens is 1. The van der Waals surface area contributed by atoms with Gasteiger partial charge in [0, 0.05) is 31.6 Å². The van der Waals surface area contributed by atoms with Crippen molar-refractivity contribution in [2.24, 2.45) is 10.9 Å². The highest BCUT2D eigenvalue weighted by atomic mass is 127. The first kappa shape index (κ1) is 21.3. The van der Waals surface area contributed by atoms with Crippen LogP contribution in [0, 0.1) is 12.8 Å². The van der Waals surface area contributed by atoms with Gasteiger partial charge in [-0.2, -0.15) is 0 Å². The van der Waals surface area contributed by atoms with Gasteiger partial charge in [0.25, 0.3) is 0 Å². The van der Waals surface area contributed by atoms with Crippen molar-refractivity contribution in [2.75, 3.05) is 20.3 Å². The van der Waals surface area contributed by atoms with Crippen LogP contribution in [0.1, 0.15) is 43.7 Å². The Morgan fingerprint density at radius 3 is 2.92 bits per heavy atom. The Morgan fingerprint density at radius 2 is 2.23 bits per heavy atom. The zero-order chi connectivity index (χ0) is 17.6. The van der Waals surface area contributed by atoms with E-state index in [9.17, 15) is 0 Å². The van der Waals surface area contributed by atoms with Crippen molar-refractivity contribution in [3.63, 3.8) is 0 Å². The van der Waals surface area contributed by atoms with Crippen molar-refractivity contribution in [3.8, 4) is 5.75 Å². The van der Waals surface area contributed by atoms with E-state index in [0.717, 1.165) is 36.2 Å². The van der Waals surface area contributed by atoms with Crippen LogP contribution in [0.3, 0.4) is 0 Å². The monoisotopic (exact) mass is 473 g/mol. The molecule has 146 valence electrons. The van der Waals surface area contributed by atoms with Crippen molar-refractivity contribution >= 4 is 29.9 Å². The van der Waals surface area contributed by atoms with Crippen LogP contribution in [0.25, 0.3) is 0 Å². The molecule has 26 heavy (non-hydrogen) atoms. The summed E-state index contributed by atoms with van der Waals surface area (Å²) in [4.78, 5) is 4.36. The number of aryl methyl sites for hydroxylation is 1. The van der Waals surface area contributed by atoms with Gasteiger partial charge < -0.3 is 20.1 Å². The predicted molar refractivity (Wildman–Crippen MR) is 117 cm³/mol. The molecule has 0 spiro atoms. The molecule has 3 rings (SSSR count). The zero-order valence-electron chi connectivity index (χ0n) is 16.1. The van der Waals surface area contributed by atoms with E-state index in [1.165, 1.54) is 24.8 Å². The van der Waals surface area contributed by atoms with Crippen LogP contribution in [-0.2, 0) is 11.3 Å². The molecule has 0 aromatic heterocycles. The Balaban J connectivity index is 0.00000243. The third-order valence-electron chi connectivity index (χ3n) is 4.98. The van der Waals surface area contributed by atoms with Crippen molar-refractivity contribution < 1.29 is 9.47 Å². The van der Waals surface area contributed by atoms with Crippen LogP contribution in [-0.4, -0.2) is 38.4 Å². The Bertz CT molecular complexity index is 603. The molecule has 5 nitrogen and oxygen atoms in total. The van der Waals surface area contributed by atoms with E-state index in [-0.39, 0.29) is 30.1 Å². The number of hydrogen-bond acceptors (Lipinski definition) is 3. The van der Waals surface area contributed by atoms with E-state index in [1.54, 1.807) is 0 Å². The molecule has 1 saturated heterocycles. The molecule has 1 heterocycles. The summed E-state index contributed by atoms with van der Waals surface area (Å²) in [6, 6.07) is 6.96. The topological polar surface area (TPSA) is 54.9 Å². The quantitative estimate of drug-likeness (QED) is 0.361. The standard InChI is InChI=1S/C20H31N3O2.HI/c1-4-5-15-11-18(15)23-20(21-3)22-12-16-7-6-14(2)10-19(16)25-17-8-9-24-13-17;/h6-7,10,15,17-18H,4-5,8-9,11-13H2,1-3H3,(H2,21,22,23);1H. The Labute approximate surface area is 174 Å². The molecule has 3 atom stereocenters. The second-order valence-corrected chi connectivity index (χ2v) is 7.18. The Morgan fingerprint density at radius 1 is 1.38 bits per heavy atom. The van der Waals surface area contributed by atoms with E-state index in [1.807, 2.05) is 7.05 Å². The van der Waals surface area contributed by atoms with E-state index in [0.29, 0.717) is 19.2 Å². The first-order valence-corrected chi connectivity index (χ1v) is 9.50. The van der Waals surface area contributed by atoms with Gasteiger partial charge >= 0.3 is 0 Å². The number of nitrogens with one attached hydrogen (secondary N) is 2. The van der Waals surface area contributed by atoms with Crippen LogP contribution in [0.4, 0.5) is 0 Å². The summed E-state index contributed by atoms with van der Waals surface area (Å²) in [7, 11) is 1.83. The maximum atomic E-state index is 6.17. The normalized spacial score (nSPS) is 24.7. The number of benzene rings is 1. The number of ether oxygens (including phenoxy) is 2. The molecule has 0 radical (unpaired) electrons. The van der Waals surface area contributed by atoms with E-state index < -0.39 is 0 Å². The summed E-state index contributed by atoms with van der Waals surface area (Å²) >= 11 is 0. The lowest BCUT2D eigenvalue weighted by molar-refractivity contribution is 0.140. The van der Waals surface area contributed by atoms with Gasteiger partial charge in [-0.25, -0.2) is 0 Å². The van der Waals surface area contributed by atoms with Crippen LogP contribution in [0.5, 0.6) is 5.75 Å². The average molecular weight is 473 g/mol. The zero-order valence-corrected chi connectivity index (χ0v) is 18.4. The number of nitrogens with zero attached hydrogens (tertiary/aromatic N) is 1. The van der Waals surface area contributed by atoms with Gasteiger partial charge in [-0.1, -0.05) is 25.5 Å². The van der Waals surface area contributed by atoms with Crippen LogP contribution < -0.4 is 15.4 Å². The molecule has 1 aromatic rings. The minimum Gasteiger partial charge on any atom is -0.488 e. The summed E-state index contributed by atoms with van der Waals surface area (Å²) in [5, 5.41) is 6.96. The third kappa shape index (κ3) is 6.01. The highest BCUT2D eigenvalue weighted by Gasteiger charge is 2.36. The lowest BCUT2D eigenvalue weighted by Gasteiger charge is -2.18. The first-order chi connectivity index (χ1) is 12.2. The van der Waals surface area contributed by atoms with Crippen LogP contribution >= 0.6 is 24.0 Å². The number of rotatable bonds is 7. The molecule has 1 aliphatic heterocycles. The van der Waals surface area contributed by atoms with Crippen LogP contribution in [0.15, 0.2) is 23.2 Å². The lowest BCUT2D eigenvalue weighted by atomic mass is 10.1. The fourth-order valence-corrected chi connectivity index (χ4v) is 3.37. The van der Waals surface area contributed by atoms with Crippen LogP contribution in [0.2, 0.25) is 0 Å². The molecule has 1 saturated carbocycles. The minimum atomic E-state index is 0. The average Bonchev–Trinajstić information content (AvgIpc) is 3.11. The van der Waals surface area contributed by atoms with Crippen molar-refractivity contribution in [1.29, 1.82) is 0 Å². The molecule has 0 bridgehead atoms. The number of aliphatic imine (C=N–C) groups is 1. The number of hydrogen-bond donors (Lipinski definition) is 2. The van der Waals surface area contributed by atoms with Gasteiger partial charge in [-0.15, -0.1) is 24.0 Å². The fourth-order valence-electron chi connectivity index (χ4n) is 3.37. The second kappa shape index (κ2) is 10.3. The smallest absolute Gasteiger partial charge is 0.191 e. The SMILES string of the molecule is CCCC1CC1NC(=NC)NCc1ccc(C)cc1OC1CCOC1.I. The first-order valence-electron chi connectivity index (χ1n) is 9.50. The molecule has 2 aliphatic rings. The largest absolute Gasteiger partial charge is 0.488 e. The highest BCUT2D eigenvalue weighted by molar-refractivity contribution is 14.0. The van der Waals surface area contributed by atoms with Gasteiger partial charge in [-0.05, 0) is 37.3 Å². The Hall–Kier alpha value is -1.02. The predicted octanol–water partition coefficient (Wildman–Crippen LogP) is 3.63. The molecule has 2 fully saturated rings. The molecule has 2 N–H and O–H groups in total. The van der Waals surface area contributed by atoms with Gasteiger partial charge in [0.15, 0.2) is 5.96 Å². The molecular weight excluding hydrogens is 441 g/mol. The van der Waals surface area contributed by atoms with Crippen molar-refractivity contribution in [1.82, 2.24) is 10.6 Å². The Kier molecular flexibility index (Phi) is 8.47. The van der Waals surface area contributed by atoms with E-state index >= 15 is 0 Å². The third-order valence-corrected chi connectivity index (χ3v) is 4.98. The lowest BCUT2D eigenvalue weighted by Crippen LogP contribution is -2.38. The summed E-state index contributed by atoms with van der Waals surface area (Å²) in [6.45, 7) is 6.52. The van der Waals surface area contributed by atoms with Crippen molar-refractivity contribution in [2.45, 2.75) is 58.2 Å². The van der Waals surface area contributed by atoms with Gasteiger partial charge in [-0.3, -0.25) is 4.99 Å². The van der Waals surface area contributed by atoms with Gasteiger partial charge in [0.1, 0.15) is 11.9 Å². The van der Waals surface area contributed by atoms with Crippen molar-refractivity contribution in [3.05, 3.63) is 29.3 Å². The van der Waals surface area contributed by atoms with E-state index in [2.05, 4.69) is 47.7 Å². The maximum absolute atomic E-state index is 6.17. The summed E-state index contributed by atoms with van der Waals surface area (Å²) in [5.74, 6) is 2.64. The second-order valence-electron chi connectivity index (χ2n) is 7.18. The summed E-state index contributed by atoms with van der Waals surface area (Å²) in [5.41, 5.74) is 2.36. The minimum absolute atomic E-state index is 0. The van der Waals surface area contributed by atoms with E-state index in [4.69, 9.17) is 9.47 Å². The fraction of sp³-hybridized carbons (Fsp3) is 0.650.